The molecule has 0 amide bonds. The van der Waals surface area contributed by atoms with E-state index >= 15 is 0 Å². The lowest BCUT2D eigenvalue weighted by molar-refractivity contribution is -0.129. The summed E-state index contributed by atoms with van der Waals surface area (Å²) in [4.78, 5) is 14.2. The number of hydrogen-bond donors (Lipinski definition) is 0. The smallest absolute Gasteiger partial charge is 0.156 e. The fourth-order valence-electron chi connectivity index (χ4n) is 2.01. The van der Waals surface area contributed by atoms with E-state index in [-0.39, 0.29) is 11.3 Å². The van der Waals surface area contributed by atoms with Gasteiger partial charge in [-0.25, -0.2) is 0 Å². The molecule has 2 nitrogen and oxygen atoms in total. The summed E-state index contributed by atoms with van der Waals surface area (Å²) < 4.78 is 0. The fourth-order valence-corrected chi connectivity index (χ4v) is 2.01. The van der Waals surface area contributed by atoms with Crippen LogP contribution in [0.15, 0.2) is 12.7 Å². The van der Waals surface area contributed by atoms with Crippen LogP contribution < -0.4 is 0 Å². The van der Waals surface area contributed by atoms with E-state index in [2.05, 4.69) is 11.5 Å². The Morgan fingerprint density at radius 3 is 2.43 bits per heavy atom. The van der Waals surface area contributed by atoms with E-state index in [4.69, 9.17) is 0 Å². The average Bonchev–Trinajstić information content (AvgIpc) is 2.19. The molecule has 0 atom stereocenters. The third kappa shape index (κ3) is 2.44. The van der Waals surface area contributed by atoms with Gasteiger partial charge in [0.25, 0.3) is 0 Å². The summed E-state index contributed by atoms with van der Waals surface area (Å²) in [7, 11) is 0. The van der Waals surface area contributed by atoms with Gasteiger partial charge < -0.3 is 0 Å². The van der Waals surface area contributed by atoms with Crippen LogP contribution in [-0.4, -0.2) is 29.3 Å². The number of allylic oxidation sites excluding steroid dienone is 1. The molecule has 1 saturated heterocycles. The Morgan fingerprint density at radius 1 is 1.36 bits per heavy atom. The van der Waals surface area contributed by atoms with Crippen molar-refractivity contribution in [3.8, 4) is 0 Å². The topological polar surface area (TPSA) is 20.3 Å². The zero-order valence-electron chi connectivity index (χ0n) is 9.38. The predicted octanol–water partition coefficient (Wildman–Crippen LogP) is 2.40. The molecule has 0 bridgehead atoms. The van der Waals surface area contributed by atoms with E-state index in [1.54, 1.807) is 6.08 Å². The summed E-state index contributed by atoms with van der Waals surface area (Å²) in [5.74, 6) is 0.286. The normalized spacial score (nSPS) is 19.3. The van der Waals surface area contributed by atoms with Crippen molar-refractivity contribution >= 4 is 5.78 Å². The Bertz CT molecular complexity index is 214. The average molecular weight is 195 g/mol. The van der Waals surface area contributed by atoms with Gasteiger partial charge in [-0.3, -0.25) is 9.69 Å². The molecule has 0 unspecified atom stereocenters. The number of ketones is 1. The summed E-state index contributed by atoms with van der Waals surface area (Å²) in [6.45, 7) is 9.81. The Labute approximate surface area is 87.0 Å². The van der Waals surface area contributed by atoms with E-state index in [0.29, 0.717) is 6.42 Å². The fraction of sp³-hybridized carbons (Fsp3) is 0.750. The van der Waals surface area contributed by atoms with Crippen LogP contribution in [0.2, 0.25) is 0 Å². The lowest BCUT2D eigenvalue weighted by Crippen LogP contribution is -2.51. The molecule has 0 aromatic rings. The molecule has 0 aromatic heterocycles. The molecule has 0 aliphatic carbocycles. The van der Waals surface area contributed by atoms with Gasteiger partial charge in [0.15, 0.2) is 5.78 Å². The third-order valence-corrected chi connectivity index (χ3v) is 3.16. The number of carbonyl (C=O) groups excluding carboxylic acids is 1. The lowest BCUT2D eigenvalue weighted by atomic mass is 9.92. The Kier molecular flexibility index (Phi) is 3.87. The van der Waals surface area contributed by atoms with E-state index in [0.717, 1.165) is 13.1 Å². The second kappa shape index (κ2) is 4.74. The van der Waals surface area contributed by atoms with E-state index in [1.807, 2.05) is 13.8 Å². The number of Topliss-reactive ketones (excluding diaryl/α,β-unsaturated/α-hetero) is 1. The minimum absolute atomic E-state index is 0.286. The number of carbonyl (C=O) groups is 1. The highest BCUT2D eigenvalue weighted by Gasteiger charge is 2.33. The summed E-state index contributed by atoms with van der Waals surface area (Å²) in [6, 6.07) is 0. The van der Waals surface area contributed by atoms with Crippen LogP contribution in [0.25, 0.3) is 0 Å². The van der Waals surface area contributed by atoms with Crippen molar-refractivity contribution in [3.05, 3.63) is 12.7 Å². The molecule has 80 valence electrons. The van der Waals surface area contributed by atoms with Gasteiger partial charge in [0.05, 0.1) is 5.54 Å². The number of piperidine rings is 1. The summed E-state index contributed by atoms with van der Waals surface area (Å²) in [6.07, 6.45) is 5.95. The van der Waals surface area contributed by atoms with Crippen LogP contribution in [0, 0.1) is 0 Å². The molecule has 2 heteroatoms. The van der Waals surface area contributed by atoms with Gasteiger partial charge in [-0.15, -0.1) is 6.58 Å². The Balaban J connectivity index is 2.61. The first-order chi connectivity index (χ1) is 6.59. The first-order valence-electron chi connectivity index (χ1n) is 5.48. The molecular formula is C12H21NO. The summed E-state index contributed by atoms with van der Waals surface area (Å²) in [5, 5.41) is 0. The summed E-state index contributed by atoms with van der Waals surface area (Å²) >= 11 is 0. The van der Waals surface area contributed by atoms with Gasteiger partial charge in [-0.05, 0) is 39.8 Å². The highest BCUT2D eigenvalue weighted by Crippen LogP contribution is 2.22. The molecule has 0 spiro atoms. The Morgan fingerprint density at radius 2 is 1.93 bits per heavy atom. The van der Waals surface area contributed by atoms with Crippen molar-refractivity contribution in [1.82, 2.24) is 4.90 Å². The maximum Gasteiger partial charge on any atom is 0.156 e. The van der Waals surface area contributed by atoms with E-state index < -0.39 is 0 Å². The first-order valence-corrected chi connectivity index (χ1v) is 5.48. The molecular weight excluding hydrogens is 174 g/mol. The SMILES string of the molecule is C=CCC(=O)C(C)(C)N1CCCCC1. The largest absolute Gasteiger partial charge is 0.297 e. The zero-order chi connectivity index (χ0) is 10.6. The molecule has 1 heterocycles. The van der Waals surface area contributed by atoms with E-state index in [9.17, 15) is 4.79 Å². The van der Waals surface area contributed by atoms with Gasteiger partial charge in [0.1, 0.15) is 0 Å². The first kappa shape index (κ1) is 11.4. The second-order valence-corrected chi connectivity index (χ2v) is 4.52. The molecule has 0 radical (unpaired) electrons. The van der Waals surface area contributed by atoms with Gasteiger partial charge in [0.2, 0.25) is 0 Å². The van der Waals surface area contributed by atoms with Crippen LogP contribution in [0.4, 0.5) is 0 Å². The number of likely N-dealkylation sites (tertiary alicyclic amines) is 1. The monoisotopic (exact) mass is 195 g/mol. The molecule has 1 rings (SSSR count). The van der Waals surface area contributed by atoms with Gasteiger partial charge in [-0.2, -0.15) is 0 Å². The zero-order valence-corrected chi connectivity index (χ0v) is 9.38. The minimum Gasteiger partial charge on any atom is -0.297 e. The number of rotatable bonds is 4. The Hall–Kier alpha value is -0.630. The molecule has 0 aromatic carbocycles. The highest BCUT2D eigenvalue weighted by molar-refractivity contribution is 5.88. The predicted molar refractivity (Wildman–Crippen MR) is 59.3 cm³/mol. The lowest BCUT2D eigenvalue weighted by Gasteiger charge is -2.39. The molecule has 1 aliphatic heterocycles. The molecule has 0 N–H and O–H groups in total. The molecule has 1 fully saturated rings. The van der Waals surface area contributed by atoms with Crippen molar-refractivity contribution < 1.29 is 4.79 Å². The molecule has 14 heavy (non-hydrogen) atoms. The summed E-state index contributed by atoms with van der Waals surface area (Å²) in [5.41, 5.74) is -0.297. The van der Waals surface area contributed by atoms with Gasteiger partial charge in [-0.1, -0.05) is 12.5 Å². The molecule has 1 aliphatic rings. The van der Waals surface area contributed by atoms with Crippen molar-refractivity contribution in [2.24, 2.45) is 0 Å². The van der Waals surface area contributed by atoms with Crippen LogP contribution in [-0.2, 0) is 4.79 Å². The van der Waals surface area contributed by atoms with Crippen molar-refractivity contribution in [3.63, 3.8) is 0 Å². The van der Waals surface area contributed by atoms with E-state index in [1.165, 1.54) is 19.3 Å². The van der Waals surface area contributed by atoms with Crippen LogP contribution in [0.1, 0.15) is 39.5 Å². The standard InChI is InChI=1S/C12H21NO/c1-4-8-11(14)12(2,3)13-9-6-5-7-10-13/h4H,1,5-10H2,2-3H3. The van der Waals surface area contributed by atoms with Gasteiger partial charge >= 0.3 is 0 Å². The maximum absolute atomic E-state index is 11.9. The quantitative estimate of drug-likeness (QED) is 0.642. The van der Waals surface area contributed by atoms with Crippen LogP contribution in [0.5, 0.6) is 0 Å². The van der Waals surface area contributed by atoms with Crippen molar-refractivity contribution in [2.45, 2.75) is 45.1 Å². The van der Waals surface area contributed by atoms with Crippen molar-refractivity contribution in [1.29, 1.82) is 0 Å². The van der Waals surface area contributed by atoms with Crippen LogP contribution >= 0.6 is 0 Å². The highest BCUT2D eigenvalue weighted by atomic mass is 16.1. The minimum atomic E-state index is -0.297. The second-order valence-electron chi connectivity index (χ2n) is 4.52. The third-order valence-electron chi connectivity index (χ3n) is 3.16. The molecule has 0 saturated carbocycles. The number of nitrogens with zero attached hydrogens (tertiary/aromatic N) is 1. The van der Waals surface area contributed by atoms with Gasteiger partial charge in [0, 0.05) is 6.42 Å². The van der Waals surface area contributed by atoms with Crippen molar-refractivity contribution in [2.75, 3.05) is 13.1 Å². The number of hydrogen-bond acceptors (Lipinski definition) is 2. The maximum atomic E-state index is 11.9. The van der Waals surface area contributed by atoms with Crippen LogP contribution in [0.3, 0.4) is 0 Å².